The molecular weight excluding hydrogens is 532 g/mol. The molecule has 7 nitrogen and oxygen atoms in total. The van der Waals surface area contributed by atoms with Gasteiger partial charge in [-0.15, -0.1) is 0 Å². The molecule has 40 heavy (non-hydrogen) atoms. The first kappa shape index (κ1) is 26.6. The minimum atomic E-state index is -2.98. The van der Waals surface area contributed by atoms with E-state index in [1.54, 1.807) is 23.1 Å². The summed E-state index contributed by atoms with van der Waals surface area (Å²) in [6, 6.07) is 8.18. The summed E-state index contributed by atoms with van der Waals surface area (Å²) >= 11 is 0. The van der Waals surface area contributed by atoms with E-state index in [1.807, 2.05) is 0 Å². The van der Waals surface area contributed by atoms with Crippen LogP contribution in [0.4, 0.5) is 23.2 Å². The van der Waals surface area contributed by atoms with Crippen LogP contribution in [-0.4, -0.2) is 43.0 Å². The van der Waals surface area contributed by atoms with Crippen molar-refractivity contribution >= 4 is 11.7 Å². The third kappa shape index (κ3) is 5.02. The highest BCUT2D eigenvalue weighted by Crippen LogP contribution is 2.46. The molecule has 3 aliphatic rings. The molecule has 6 rings (SSSR count). The Labute approximate surface area is 228 Å². The molecule has 0 amide bonds. The lowest BCUT2D eigenvalue weighted by atomic mass is 9.97. The number of hydrogen-bond donors (Lipinski definition) is 0. The van der Waals surface area contributed by atoms with E-state index < -0.39 is 24.2 Å². The topological polar surface area (TPSA) is 74.0 Å². The van der Waals surface area contributed by atoms with E-state index in [2.05, 4.69) is 9.89 Å². The molecule has 1 aliphatic carbocycles. The number of alkyl halides is 2. The highest BCUT2D eigenvalue weighted by atomic mass is 19.3. The average Bonchev–Trinajstić information content (AvgIpc) is 3.64. The Morgan fingerprint density at radius 3 is 2.38 bits per heavy atom. The van der Waals surface area contributed by atoms with Crippen LogP contribution in [0.2, 0.25) is 0 Å². The molecule has 2 bridgehead atoms. The smallest absolute Gasteiger partial charge is 0.387 e. The van der Waals surface area contributed by atoms with E-state index in [-0.39, 0.29) is 47.7 Å². The molecule has 1 saturated carbocycles. The molecule has 1 aromatic heterocycles. The zero-order valence-electron chi connectivity index (χ0n) is 21.7. The number of fused-ring (bicyclic) bond motifs is 2. The van der Waals surface area contributed by atoms with Crippen LogP contribution in [0.15, 0.2) is 40.9 Å². The van der Waals surface area contributed by atoms with Gasteiger partial charge in [-0.25, -0.2) is 13.6 Å². The first-order chi connectivity index (χ1) is 19.3. The Kier molecular flexibility index (Phi) is 7.16. The number of para-hydroxylation sites is 1. The number of piperidine rings is 1. The molecule has 3 fully saturated rings. The summed E-state index contributed by atoms with van der Waals surface area (Å²) in [7, 11) is 1.16. The summed E-state index contributed by atoms with van der Waals surface area (Å²) in [4.78, 5) is 13.6. The summed E-state index contributed by atoms with van der Waals surface area (Å²) in [6.07, 6.45) is 4.34. The first-order valence-corrected chi connectivity index (χ1v) is 13.3. The van der Waals surface area contributed by atoms with Crippen LogP contribution in [0.3, 0.4) is 0 Å². The number of aromatic nitrogens is 1. The fourth-order valence-electron chi connectivity index (χ4n) is 6.08. The summed E-state index contributed by atoms with van der Waals surface area (Å²) in [5.74, 6) is -1.50. The second-order valence-electron chi connectivity index (χ2n) is 10.5. The van der Waals surface area contributed by atoms with Crippen molar-refractivity contribution < 1.29 is 41.1 Å². The second-order valence-corrected chi connectivity index (χ2v) is 10.5. The normalized spacial score (nSPS) is 22.1. The van der Waals surface area contributed by atoms with Gasteiger partial charge in [0.05, 0.1) is 25.4 Å². The monoisotopic (exact) mass is 560 g/mol. The Morgan fingerprint density at radius 2 is 1.75 bits per heavy atom. The van der Waals surface area contributed by atoms with Crippen molar-refractivity contribution in [3.63, 3.8) is 0 Å². The molecule has 3 aromatic rings. The molecule has 0 N–H and O–H groups in total. The lowest BCUT2D eigenvalue weighted by Gasteiger charge is -2.40. The molecule has 0 radical (unpaired) electrons. The number of carbonyl (C=O) groups excluding carboxylic acids is 1. The average molecular weight is 561 g/mol. The highest BCUT2D eigenvalue weighted by molar-refractivity contribution is 5.90. The Morgan fingerprint density at radius 1 is 1.07 bits per heavy atom. The fourth-order valence-corrected chi connectivity index (χ4v) is 6.08. The number of hydrogen-bond acceptors (Lipinski definition) is 7. The molecule has 3 atom stereocenters. The van der Waals surface area contributed by atoms with Crippen molar-refractivity contribution in [1.82, 2.24) is 5.16 Å². The molecule has 2 aliphatic heterocycles. The number of nitrogens with zero attached hydrogens (tertiary/aromatic N) is 2. The molecule has 0 spiro atoms. The number of carbonyl (C=O) groups is 1. The van der Waals surface area contributed by atoms with Crippen LogP contribution in [0.1, 0.15) is 66.1 Å². The van der Waals surface area contributed by atoms with Gasteiger partial charge < -0.3 is 23.6 Å². The van der Waals surface area contributed by atoms with Crippen LogP contribution < -0.4 is 9.64 Å². The highest BCUT2D eigenvalue weighted by Gasteiger charge is 2.44. The van der Waals surface area contributed by atoms with Crippen LogP contribution in [0.5, 0.6) is 5.75 Å². The van der Waals surface area contributed by atoms with Gasteiger partial charge in [-0.05, 0) is 62.8 Å². The third-order valence-corrected chi connectivity index (χ3v) is 7.97. The third-order valence-electron chi connectivity index (χ3n) is 7.97. The van der Waals surface area contributed by atoms with Crippen molar-refractivity contribution in [3.05, 3.63) is 64.9 Å². The number of ether oxygens (including phenoxy) is 3. The maximum Gasteiger partial charge on any atom is 0.387 e. The Balaban J connectivity index is 1.20. The largest absolute Gasteiger partial charge is 0.465 e. The lowest BCUT2D eigenvalue weighted by Crippen LogP contribution is -2.46. The number of methoxy groups -OCH3 is 1. The summed E-state index contributed by atoms with van der Waals surface area (Å²) in [5, 5.41) is 4.21. The van der Waals surface area contributed by atoms with Gasteiger partial charge in [-0.3, -0.25) is 0 Å². The lowest BCUT2D eigenvalue weighted by molar-refractivity contribution is -0.0494. The molecule has 3 heterocycles. The molecule has 212 valence electrons. The minimum absolute atomic E-state index is 0.00280. The van der Waals surface area contributed by atoms with Gasteiger partial charge in [0.2, 0.25) is 0 Å². The van der Waals surface area contributed by atoms with Crippen LogP contribution in [0, 0.1) is 11.6 Å². The Hall–Kier alpha value is -3.60. The molecule has 2 saturated heterocycles. The van der Waals surface area contributed by atoms with Crippen molar-refractivity contribution in [3.8, 4) is 17.0 Å². The zero-order chi connectivity index (χ0) is 28.0. The van der Waals surface area contributed by atoms with Crippen LogP contribution in [-0.2, 0) is 16.1 Å². The molecule has 2 aromatic carbocycles. The fraction of sp³-hybridized carbons (Fsp3) is 0.448. The van der Waals surface area contributed by atoms with Gasteiger partial charge in [-0.2, -0.15) is 8.78 Å². The van der Waals surface area contributed by atoms with E-state index in [0.717, 1.165) is 44.9 Å². The van der Waals surface area contributed by atoms with Crippen molar-refractivity contribution in [2.45, 2.75) is 75.8 Å². The van der Waals surface area contributed by atoms with Gasteiger partial charge in [-0.1, -0.05) is 17.3 Å². The summed E-state index contributed by atoms with van der Waals surface area (Å²) in [5.41, 5.74) is 1.20. The quantitative estimate of drug-likeness (QED) is 0.216. The molecule has 11 heteroatoms. The number of benzene rings is 2. The van der Waals surface area contributed by atoms with E-state index in [1.165, 1.54) is 6.07 Å². The van der Waals surface area contributed by atoms with E-state index >= 15 is 8.78 Å². The van der Waals surface area contributed by atoms with Gasteiger partial charge in [0.15, 0.2) is 0 Å². The van der Waals surface area contributed by atoms with Gasteiger partial charge in [0, 0.05) is 29.1 Å². The number of halogens is 4. The number of anilines is 1. The maximum atomic E-state index is 15.0. The predicted molar refractivity (Wildman–Crippen MR) is 135 cm³/mol. The van der Waals surface area contributed by atoms with Gasteiger partial charge in [0.25, 0.3) is 0 Å². The van der Waals surface area contributed by atoms with Gasteiger partial charge >= 0.3 is 12.6 Å². The summed E-state index contributed by atoms with van der Waals surface area (Å²) < 4.78 is 77.5. The zero-order valence-corrected chi connectivity index (χ0v) is 21.7. The van der Waals surface area contributed by atoms with Crippen molar-refractivity contribution in [2.24, 2.45) is 0 Å². The van der Waals surface area contributed by atoms with Crippen molar-refractivity contribution in [1.29, 1.82) is 0 Å². The standard InChI is InChI=1S/C29H28F4N2O5/c1-37-28(36)16-10-22(30)26(23(31)11-16)35-17-8-9-18(35)13-19(12-17)38-14-21-25(34-40-27(21)15-6-7-15)20-4-2-3-5-24(20)39-29(32)33/h2-5,10-11,15,17-19,29H,6-9,12-14H2,1H3/t17-,18?,19?/m0/s1. The predicted octanol–water partition coefficient (Wildman–Crippen LogP) is 6.60. The van der Waals surface area contributed by atoms with E-state index in [4.69, 9.17) is 14.0 Å². The minimum Gasteiger partial charge on any atom is -0.465 e. The second kappa shape index (κ2) is 10.8. The van der Waals surface area contributed by atoms with Crippen molar-refractivity contribution in [2.75, 3.05) is 12.0 Å². The summed E-state index contributed by atoms with van der Waals surface area (Å²) in [6.45, 7) is -2.82. The number of rotatable bonds is 9. The molecular formula is C29H28F4N2O5. The SMILES string of the molecule is COC(=O)c1cc(F)c(N2C3CC[C@H]2CC(OCc2c(-c4ccccc4OC(F)F)noc2C2CC2)C3)c(F)c1. The number of esters is 1. The maximum absolute atomic E-state index is 15.0. The van der Waals surface area contributed by atoms with Crippen LogP contribution in [0.25, 0.3) is 11.3 Å². The first-order valence-electron chi connectivity index (χ1n) is 13.3. The molecule has 2 unspecified atom stereocenters. The van der Waals surface area contributed by atoms with Gasteiger partial charge in [0.1, 0.15) is 34.5 Å². The van der Waals surface area contributed by atoms with E-state index in [0.29, 0.717) is 35.4 Å². The van der Waals surface area contributed by atoms with E-state index in [9.17, 15) is 13.6 Å². The Bertz CT molecular complexity index is 1370. The van der Waals surface area contributed by atoms with Crippen LogP contribution >= 0.6 is 0 Å².